The molecule has 8 heteroatoms. The molecular formula is C9H11N5O3. The van der Waals surface area contributed by atoms with Crippen LogP contribution in [0.5, 0.6) is 5.88 Å². The summed E-state index contributed by atoms with van der Waals surface area (Å²) in [5, 5.41) is 14.9. The molecule has 0 unspecified atom stereocenters. The second kappa shape index (κ2) is 6.19. The Balaban J connectivity index is 2.52. The first-order valence-electron chi connectivity index (χ1n) is 4.86. The fourth-order valence-electron chi connectivity index (χ4n) is 1.16. The van der Waals surface area contributed by atoms with E-state index in [0.717, 1.165) is 12.1 Å². The molecule has 0 aliphatic heterocycles. The van der Waals surface area contributed by atoms with Crippen molar-refractivity contribution in [2.45, 2.75) is 6.42 Å². The normalized spacial score (nSPS) is 9.41. The minimum atomic E-state index is -0.552. The van der Waals surface area contributed by atoms with E-state index >= 15 is 0 Å². The highest BCUT2D eigenvalue weighted by atomic mass is 16.3. The van der Waals surface area contributed by atoms with Gasteiger partial charge >= 0.3 is 0 Å². The highest BCUT2D eigenvalue weighted by molar-refractivity contribution is 5.94. The van der Waals surface area contributed by atoms with Crippen LogP contribution in [-0.4, -0.2) is 29.1 Å². The largest absolute Gasteiger partial charge is 0.494 e. The third-order valence-corrected chi connectivity index (χ3v) is 1.88. The Morgan fingerprint density at radius 2 is 2.35 bits per heavy atom. The van der Waals surface area contributed by atoms with E-state index in [-0.39, 0.29) is 18.0 Å². The predicted molar refractivity (Wildman–Crippen MR) is 59.7 cm³/mol. The summed E-state index contributed by atoms with van der Waals surface area (Å²) in [5.41, 5.74) is 7.55. The van der Waals surface area contributed by atoms with Crippen molar-refractivity contribution in [1.82, 2.24) is 10.3 Å². The van der Waals surface area contributed by atoms with Crippen LogP contribution in [0, 0.1) is 0 Å². The standard InChI is InChI=1S/C9H11N5O3/c10-14-12-3-1-2-11-9(17)6-4-7(15)13-8(16)5-6/h4-5H,1-3H2,(H,11,17)(H2,13,15,16). The number of H-pyrrole nitrogens is 1. The van der Waals surface area contributed by atoms with E-state index in [0.29, 0.717) is 13.0 Å². The van der Waals surface area contributed by atoms with Gasteiger partial charge in [0.2, 0.25) is 0 Å². The molecule has 0 saturated heterocycles. The van der Waals surface area contributed by atoms with E-state index in [1.165, 1.54) is 0 Å². The van der Waals surface area contributed by atoms with Crippen LogP contribution >= 0.6 is 0 Å². The summed E-state index contributed by atoms with van der Waals surface area (Å²) < 4.78 is 0. The number of hydrogen-bond donors (Lipinski definition) is 3. The molecule has 0 bridgehead atoms. The average molecular weight is 237 g/mol. The number of hydrogen-bond acceptors (Lipinski definition) is 4. The average Bonchev–Trinajstić information content (AvgIpc) is 2.27. The molecule has 0 aliphatic rings. The summed E-state index contributed by atoms with van der Waals surface area (Å²) >= 11 is 0. The molecule has 1 amide bonds. The molecule has 1 aromatic rings. The lowest BCUT2D eigenvalue weighted by Gasteiger charge is -2.03. The molecule has 0 saturated carbocycles. The zero-order chi connectivity index (χ0) is 12.7. The van der Waals surface area contributed by atoms with Crippen molar-refractivity contribution in [2.75, 3.05) is 13.1 Å². The third-order valence-electron chi connectivity index (χ3n) is 1.88. The van der Waals surface area contributed by atoms with Gasteiger partial charge in [-0.2, -0.15) is 0 Å². The number of carbonyl (C=O) groups is 1. The molecule has 3 N–H and O–H groups in total. The minimum absolute atomic E-state index is 0.0787. The molecule has 1 heterocycles. The lowest BCUT2D eigenvalue weighted by atomic mass is 10.2. The maximum atomic E-state index is 11.5. The summed E-state index contributed by atoms with van der Waals surface area (Å²) in [6.07, 6.45) is 0.505. The molecule has 17 heavy (non-hydrogen) atoms. The fourth-order valence-corrected chi connectivity index (χ4v) is 1.16. The number of aromatic nitrogens is 1. The molecule has 0 aliphatic carbocycles. The first-order valence-corrected chi connectivity index (χ1v) is 4.86. The number of aromatic amines is 1. The van der Waals surface area contributed by atoms with Gasteiger partial charge < -0.3 is 10.4 Å². The fraction of sp³-hybridized carbons (Fsp3) is 0.333. The highest BCUT2D eigenvalue weighted by Gasteiger charge is 2.06. The maximum absolute atomic E-state index is 11.5. The topological polar surface area (TPSA) is 131 Å². The van der Waals surface area contributed by atoms with Gasteiger partial charge in [0, 0.05) is 30.1 Å². The Hall–Kier alpha value is -2.47. The second-order valence-electron chi connectivity index (χ2n) is 3.18. The Labute approximate surface area is 95.9 Å². The van der Waals surface area contributed by atoms with Crippen LogP contribution in [0.3, 0.4) is 0 Å². The number of nitrogens with one attached hydrogen (secondary N) is 2. The Kier molecular flexibility index (Phi) is 4.58. The van der Waals surface area contributed by atoms with Gasteiger partial charge in [-0.1, -0.05) is 5.11 Å². The van der Waals surface area contributed by atoms with Gasteiger partial charge in [-0.05, 0) is 12.0 Å². The summed E-state index contributed by atoms with van der Waals surface area (Å²) in [7, 11) is 0. The number of amides is 1. The molecule has 0 atom stereocenters. The SMILES string of the molecule is [N-]=[N+]=NCCCNC(=O)c1cc(O)[nH]c(=O)c1. The number of azide groups is 1. The Morgan fingerprint density at radius 1 is 1.59 bits per heavy atom. The monoisotopic (exact) mass is 237 g/mol. The Morgan fingerprint density at radius 3 is 3.00 bits per heavy atom. The maximum Gasteiger partial charge on any atom is 0.251 e. The van der Waals surface area contributed by atoms with Gasteiger partial charge in [0.05, 0.1) is 5.56 Å². The van der Waals surface area contributed by atoms with Crippen LogP contribution in [0.4, 0.5) is 0 Å². The smallest absolute Gasteiger partial charge is 0.251 e. The van der Waals surface area contributed by atoms with Crippen molar-refractivity contribution in [2.24, 2.45) is 5.11 Å². The number of aromatic hydroxyl groups is 1. The zero-order valence-corrected chi connectivity index (χ0v) is 8.88. The predicted octanol–water partition coefficient (Wildman–Crippen LogP) is 0.511. The zero-order valence-electron chi connectivity index (χ0n) is 8.88. The summed E-state index contributed by atoms with van der Waals surface area (Å²) in [4.78, 5) is 27.2. The number of nitrogens with zero attached hydrogens (tertiary/aromatic N) is 3. The van der Waals surface area contributed by atoms with Crippen LogP contribution in [0.25, 0.3) is 10.4 Å². The van der Waals surface area contributed by atoms with Crippen molar-refractivity contribution in [3.63, 3.8) is 0 Å². The molecule has 1 rings (SSSR count). The second-order valence-corrected chi connectivity index (χ2v) is 3.18. The van der Waals surface area contributed by atoms with Crippen molar-refractivity contribution >= 4 is 5.91 Å². The van der Waals surface area contributed by atoms with Crippen LogP contribution in [0.1, 0.15) is 16.8 Å². The number of carbonyl (C=O) groups excluding carboxylic acids is 1. The summed E-state index contributed by atoms with van der Waals surface area (Å²) in [6, 6.07) is 2.24. The minimum Gasteiger partial charge on any atom is -0.494 e. The molecule has 8 nitrogen and oxygen atoms in total. The first-order chi connectivity index (χ1) is 8.13. The molecule has 0 fully saturated rings. The van der Waals surface area contributed by atoms with Gasteiger partial charge in [-0.15, -0.1) is 0 Å². The van der Waals surface area contributed by atoms with Gasteiger partial charge in [0.1, 0.15) is 0 Å². The van der Waals surface area contributed by atoms with E-state index in [1.807, 2.05) is 0 Å². The van der Waals surface area contributed by atoms with Gasteiger partial charge in [0.25, 0.3) is 11.5 Å². The van der Waals surface area contributed by atoms with E-state index in [4.69, 9.17) is 10.6 Å². The number of pyridine rings is 1. The van der Waals surface area contributed by atoms with Crippen molar-refractivity contribution in [1.29, 1.82) is 0 Å². The number of rotatable bonds is 5. The van der Waals surface area contributed by atoms with Crippen molar-refractivity contribution < 1.29 is 9.90 Å². The quantitative estimate of drug-likeness (QED) is 0.298. The molecule has 0 aromatic carbocycles. The first kappa shape index (κ1) is 12.6. The lowest BCUT2D eigenvalue weighted by molar-refractivity contribution is 0.0952. The Bertz CT molecular complexity index is 504. The third kappa shape index (κ3) is 4.27. The van der Waals surface area contributed by atoms with Gasteiger partial charge in [-0.3, -0.25) is 14.6 Å². The van der Waals surface area contributed by atoms with Crippen LogP contribution < -0.4 is 10.9 Å². The molecule has 0 spiro atoms. The summed E-state index contributed by atoms with van der Waals surface area (Å²) in [5.74, 6) is -0.830. The highest BCUT2D eigenvalue weighted by Crippen LogP contribution is 2.03. The molecular weight excluding hydrogens is 226 g/mol. The van der Waals surface area contributed by atoms with Gasteiger partial charge in [-0.25, -0.2) is 0 Å². The lowest BCUT2D eigenvalue weighted by Crippen LogP contribution is -2.26. The van der Waals surface area contributed by atoms with E-state index in [9.17, 15) is 9.59 Å². The van der Waals surface area contributed by atoms with Gasteiger partial charge in [0.15, 0.2) is 5.88 Å². The van der Waals surface area contributed by atoms with E-state index in [1.54, 1.807) is 0 Å². The van der Waals surface area contributed by atoms with Crippen LogP contribution in [0.15, 0.2) is 22.0 Å². The van der Waals surface area contributed by atoms with E-state index in [2.05, 4.69) is 20.3 Å². The van der Waals surface area contributed by atoms with Crippen LogP contribution in [-0.2, 0) is 0 Å². The molecule has 0 radical (unpaired) electrons. The molecule has 1 aromatic heterocycles. The van der Waals surface area contributed by atoms with E-state index < -0.39 is 11.5 Å². The molecule has 90 valence electrons. The van der Waals surface area contributed by atoms with Crippen molar-refractivity contribution in [3.8, 4) is 5.88 Å². The van der Waals surface area contributed by atoms with Crippen molar-refractivity contribution in [3.05, 3.63) is 38.5 Å². The van der Waals surface area contributed by atoms with Crippen LogP contribution in [0.2, 0.25) is 0 Å². The summed E-state index contributed by atoms with van der Waals surface area (Å²) in [6.45, 7) is 0.614.